The summed E-state index contributed by atoms with van der Waals surface area (Å²) in [6.07, 6.45) is 4.98. The third-order valence-electron chi connectivity index (χ3n) is 4.35. The van der Waals surface area contributed by atoms with Crippen LogP contribution < -0.4 is 15.4 Å². The first-order valence-corrected chi connectivity index (χ1v) is 10.3. The minimum Gasteiger partial charge on any atom is -0.484 e. The molecule has 0 spiro atoms. The van der Waals surface area contributed by atoms with E-state index in [-0.39, 0.29) is 24.0 Å². The van der Waals surface area contributed by atoms with Crippen LogP contribution in [0.3, 0.4) is 0 Å². The summed E-state index contributed by atoms with van der Waals surface area (Å²) in [6.45, 7) is 9.74. The molecule has 3 rings (SSSR count). The highest BCUT2D eigenvalue weighted by Gasteiger charge is 2.23. The van der Waals surface area contributed by atoms with E-state index in [1.807, 2.05) is 46.8 Å². The second-order valence-corrected chi connectivity index (χ2v) is 8.61. The first-order chi connectivity index (χ1) is 15.2. The second-order valence-electron chi connectivity index (χ2n) is 8.61. The molecule has 0 atom stereocenters. The maximum atomic E-state index is 11.8. The number of hydrogen-bond donors (Lipinski definition) is 2. The molecule has 1 radical (unpaired) electrons. The number of carbonyl (C=O) groups excluding carboxylic acids is 2. The van der Waals surface area contributed by atoms with Crippen LogP contribution in [0, 0.1) is 0 Å². The Morgan fingerprint density at radius 1 is 1.25 bits per heavy atom. The molecule has 0 unspecified atom stereocenters. The van der Waals surface area contributed by atoms with E-state index in [4.69, 9.17) is 4.74 Å². The predicted octanol–water partition coefficient (Wildman–Crippen LogP) is 3.20. The minimum absolute atomic E-state index is 0.0522. The van der Waals surface area contributed by atoms with Crippen molar-refractivity contribution < 1.29 is 14.3 Å². The number of ether oxygens (including phenoxy) is 1. The molecule has 9 heteroatoms. The van der Waals surface area contributed by atoms with Crippen molar-refractivity contribution in [3.63, 3.8) is 0 Å². The molecule has 0 fully saturated rings. The van der Waals surface area contributed by atoms with Gasteiger partial charge in [0.1, 0.15) is 11.6 Å². The molecule has 167 valence electrons. The molecule has 9 nitrogen and oxygen atoms in total. The van der Waals surface area contributed by atoms with Gasteiger partial charge in [0.25, 0.3) is 5.91 Å². The Bertz CT molecular complexity index is 1100. The molecule has 3 aromatic rings. The fraction of sp³-hybridized carbons (Fsp3) is 0.348. The van der Waals surface area contributed by atoms with Crippen LogP contribution >= 0.6 is 0 Å². The topological polar surface area (TPSA) is 111 Å². The van der Waals surface area contributed by atoms with Gasteiger partial charge in [-0.05, 0) is 32.0 Å². The highest BCUT2D eigenvalue weighted by Crippen LogP contribution is 2.30. The van der Waals surface area contributed by atoms with Crippen LogP contribution in [0.2, 0.25) is 0 Å². The van der Waals surface area contributed by atoms with E-state index in [0.717, 1.165) is 15.9 Å². The number of hydrogen-bond acceptors (Lipinski definition) is 7. The van der Waals surface area contributed by atoms with Crippen LogP contribution in [0.5, 0.6) is 5.75 Å². The molecule has 32 heavy (non-hydrogen) atoms. The molecule has 2 aromatic heterocycles. The van der Waals surface area contributed by atoms with E-state index in [0.29, 0.717) is 23.1 Å². The highest BCUT2D eigenvalue weighted by molar-refractivity contribution is 5.77. The second kappa shape index (κ2) is 9.59. The Labute approximate surface area is 187 Å². The molecular weight excluding hydrogens is 408 g/mol. The van der Waals surface area contributed by atoms with E-state index >= 15 is 0 Å². The third kappa shape index (κ3) is 5.90. The van der Waals surface area contributed by atoms with Gasteiger partial charge in [-0.1, -0.05) is 32.9 Å². The van der Waals surface area contributed by atoms with Crippen molar-refractivity contribution in [2.75, 3.05) is 11.9 Å². The Morgan fingerprint density at radius 3 is 2.72 bits per heavy atom. The lowest BCUT2D eigenvalue weighted by Gasteiger charge is -2.17. The smallest absolute Gasteiger partial charge is 0.338 e. The number of nitrogens with one attached hydrogen (secondary N) is 2. The van der Waals surface area contributed by atoms with Crippen molar-refractivity contribution in [3.05, 3.63) is 48.4 Å². The van der Waals surface area contributed by atoms with Gasteiger partial charge >= 0.3 is 6.41 Å². The number of amides is 1. The Kier molecular flexibility index (Phi) is 6.87. The summed E-state index contributed by atoms with van der Waals surface area (Å²) in [6, 6.07) is 9.01. The number of benzene rings is 1. The van der Waals surface area contributed by atoms with Crippen LogP contribution in [0.4, 0.5) is 11.5 Å². The van der Waals surface area contributed by atoms with Crippen LogP contribution in [0.15, 0.2) is 42.7 Å². The molecular formula is C23H27N6O3. The molecule has 0 saturated carbocycles. The van der Waals surface area contributed by atoms with Crippen molar-refractivity contribution >= 4 is 23.8 Å². The van der Waals surface area contributed by atoms with E-state index in [1.54, 1.807) is 37.0 Å². The number of anilines is 2. The number of rotatable bonds is 8. The number of carbonyl (C=O) groups is 1. The van der Waals surface area contributed by atoms with Gasteiger partial charge in [-0.3, -0.25) is 9.59 Å². The van der Waals surface area contributed by atoms with Crippen LogP contribution in [0.25, 0.3) is 11.4 Å². The summed E-state index contributed by atoms with van der Waals surface area (Å²) in [5, 5.41) is 10.3. The number of aromatic nitrogens is 4. The molecule has 0 aliphatic heterocycles. The summed E-state index contributed by atoms with van der Waals surface area (Å²) in [4.78, 5) is 31.8. The van der Waals surface area contributed by atoms with Gasteiger partial charge in [0.2, 0.25) is 0 Å². The lowest BCUT2D eigenvalue weighted by Crippen LogP contribution is -2.34. The summed E-state index contributed by atoms with van der Waals surface area (Å²) in [5.74, 6) is 1.39. The Balaban J connectivity index is 1.79. The Morgan fingerprint density at radius 2 is 2.03 bits per heavy atom. The van der Waals surface area contributed by atoms with Crippen LogP contribution in [-0.4, -0.2) is 44.7 Å². The molecule has 1 aromatic carbocycles. The zero-order chi connectivity index (χ0) is 23.3. The van der Waals surface area contributed by atoms with Crippen molar-refractivity contribution in [1.82, 2.24) is 25.1 Å². The van der Waals surface area contributed by atoms with E-state index in [2.05, 4.69) is 25.7 Å². The van der Waals surface area contributed by atoms with E-state index in [9.17, 15) is 9.59 Å². The van der Waals surface area contributed by atoms with Gasteiger partial charge in [-0.2, -0.15) is 9.78 Å². The molecule has 1 amide bonds. The maximum absolute atomic E-state index is 11.8. The van der Waals surface area contributed by atoms with E-state index < -0.39 is 0 Å². The zero-order valence-corrected chi connectivity index (χ0v) is 18.8. The lowest BCUT2D eigenvalue weighted by molar-refractivity contribution is -0.123. The van der Waals surface area contributed by atoms with Gasteiger partial charge in [0, 0.05) is 23.2 Å². The molecule has 2 N–H and O–H groups in total. The van der Waals surface area contributed by atoms with E-state index in [1.165, 1.54) is 0 Å². The monoisotopic (exact) mass is 435 g/mol. The standard InChI is InChI=1S/C23H27N6O3/c1-15(2)25-20(31)13-32-17-8-6-7-16(11-17)22-24-10-9-19(27-22)26-18-12-29(14-30)28-21(18)23(3,4)5/h6-12,15H,13H2,1-5H3,(H,25,31)(H,24,26,27). The summed E-state index contributed by atoms with van der Waals surface area (Å²) in [5.41, 5.74) is 1.84. The molecule has 0 bridgehead atoms. The highest BCUT2D eigenvalue weighted by atomic mass is 16.5. The number of nitrogens with zero attached hydrogens (tertiary/aromatic N) is 4. The van der Waals surface area contributed by atoms with Crippen molar-refractivity contribution in [1.29, 1.82) is 0 Å². The van der Waals surface area contributed by atoms with Gasteiger partial charge in [-0.25, -0.2) is 9.97 Å². The van der Waals surface area contributed by atoms with Crippen molar-refractivity contribution in [3.8, 4) is 17.1 Å². The van der Waals surface area contributed by atoms with Gasteiger partial charge in [0.15, 0.2) is 12.4 Å². The first-order valence-electron chi connectivity index (χ1n) is 10.3. The van der Waals surface area contributed by atoms with Crippen molar-refractivity contribution in [2.24, 2.45) is 0 Å². The first kappa shape index (κ1) is 22.9. The molecule has 0 saturated heterocycles. The van der Waals surface area contributed by atoms with Crippen LogP contribution in [0.1, 0.15) is 40.3 Å². The van der Waals surface area contributed by atoms with Gasteiger partial charge < -0.3 is 15.4 Å². The van der Waals surface area contributed by atoms with Crippen LogP contribution in [-0.2, 0) is 15.0 Å². The average molecular weight is 436 g/mol. The molecule has 2 heterocycles. The maximum Gasteiger partial charge on any atom is 0.338 e. The minimum atomic E-state index is -0.284. The summed E-state index contributed by atoms with van der Waals surface area (Å²) < 4.78 is 6.71. The lowest BCUT2D eigenvalue weighted by atomic mass is 9.91. The predicted molar refractivity (Wildman–Crippen MR) is 122 cm³/mol. The fourth-order valence-electron chi connectivity index (χ4n) is 3.01. The molecule has 0 aliphatic carbocycles. The zero-order valence-electron chi connectivity index (χ0n) is 18.8. The SMILES string of the molecule is CC(C)NC(=O)COc1cccc(-c2nccc(Nc3cn([C]=O)nc3C(C)(C)C)n2)c1. The van der Waals surface area contributed by atoms with Gasteiger partial charge in [-0.15, -0.1) is 0 Å². The average Bonchev–Trinajstić information content (AvgIpc) is 3.16. The normalized spacial score (nSPS) is 11.3. The van der Waals surface area contributed by atoms with Crippen molar-refractivity contribution in [2.45, 2.75) is 46.1 Å². The molecule has 0 aliphatic rings. The Hall–Kier alpha value is -3.75. The third-order valence-corrected chi connectivity index (χ3v) is 4.35. The summed E-state index contributed by atoms with van der Waals surface area (Å²) >= 11 is 0. The fourth-order valence-corrected chi connectivity index (χ4v) is 3.01. The van der Waals surface area contributed by atoms with Gasteiger partial charge in [0.05, 0.1) is 17.6 Å². The quantitative estimate of drug-likeness (QED) is 0.559. The largest absolute Gasteiger partial charge is 0.484 e. The summed E-state index contributed by atoms with van der Waals surface area (Å²) in [7, 11) is 0.